The number of amides is 2. The van der Waals surface area contributed by atoms with Crippen LogP contribution in [0, 0.1) is 11.7 Å². The normalized spacial score (nSPS) is 20.3. The summed E-state index contributed by atoms with van der Waals surface area (Å²) < 4.78 is 13.0. The monoisotopic (exact) mass is 250 g/mol. The van der Waals surface area contributed by atoms with Crippen LogP contribution in [-0.4, -0.2) is 18.4 Å². The molecule has 1 aromatic rings. The molecule has 1 aliphatic heterocycles. The summed E-state index contributed by atoms with van der Waals surface area (Å²) in [7, 11) is 0. The van der Waals surface area contributed by atoms with Crippen molar-refractivity contribution in [3.05, 3.63) is 35.6 Å². The number of rotatable bonds is 3. The van der Waals surface area contributed by atoms with E-state index in [9.17, 15) is 14.0 Å². The van der Waals surface area contributed by atoms with Gasteiger partial charge in [0.25, 0.3) is 0 Å². The van der Waals surface area contributed by atoms with Gasteiger partial charge in [0.15, 0.2) is 0 Å². The summed E-state index contributed by atoms with van der Waals surface area (Å²) >= 11 is 0. The zero-order chi connectivity index (χ0) is 13.1. The van der Waals surface area contributed by atoms with E-state index in [1.165, 1.54) is 12.1 Å². The number of halogens is 1. The average Bonchev–Trinajstić information content (AvgIpc) is 2.76. The molecule has 2 amide bonds. The number of carbonyl (C=O) groups excluding carboxylic acids is 2. The molecule has 2 atom stereocenters. The number of nitrogens with one attached hydrogen (secondary N) is 2. The van der Waals surface area contributed by atoms with Gasteiger partial charge >= 0.3 is 0 Å². The fraction of sp³-hybridized carbons (Fsp3) is 0.385. The van der Waals surface area contributed by atoms with Gasteiger partial charge in [-0.3, -0.25) is 9.59 Å². The third kappa shape index (κ3) is 2.85. The van der Waals surface area contributed by atoms with E-state index in [-0.39, 0.29) is 36.0 Å². The molecule has 0 spiro atoms. The summed E-state index contributed by atoms with van der Waals surface area (Å²) in [4.78, 5) is 22.9. The van der Waals surface area contributed by atoms with Crippen LogP contribution in [0.3, 0.4) is 0 Å². The van der Waals surface area contributed by atoms with E-state index in [1.807, 2.05) is 0 Å². The van der Waals surface area contributed by atoms with Gasteiger partial charge in [-0.2, -0.15) is 0 Å². The maximum atomic E-state index is 13.0. The van der Waals surface area contributed by atoms with E-state index in [1.54, 1.807) is 19.1 Å². The first-order valence-corrected chi connectivity index (χ1v) is 5.89. The van der Waals surface area contributed by atoms with Gasteiger partial charge in [-0.05, 0) is 24.6 Å². The Bertz CT molecular complexity index is 476. The molecule has 4 nitrogen and oxygen atoms in total. The van der Waals surface area contributed by atoms with Crippen molar-refractivity contribution in [2.75, 3.05) is 6.54 Å². The highest BCUT2D eigenvalue weighted by Crippen LogP contribution is 2.16. The molecule has 2 N–H and O–H groups in total. The van der Waals surface area contributed by atoms with E-state index in [0.717, 1.165) is 0 Å². The first kappa shape index (κ1) is 12.5. The van der Waals surface area contributed by atoms with Crippen LogP contribution in [0.4, 0.5) is 4.39 Å². The van der Waals surface area contributed by atoms with E-state index >= 15 is 0 Å². The van der Waals surface area contributed by atoms with E-state index in [2.05, 4.69) is 10.6 Å². The van der Waals surface area contributed by atoms with Crippen LogP contribution >= 0.6 is 0 Å². The summed E-state index contributed by atoms with van der Waals surface area (Å²) in [6.07, 6.45) is 0.224. The molecule has 96 valence electrons. The van der Waals surface area contributed by atoms with Crippen LogP contribution < -0.4 is 10.6 Å². The predicted molar refractivity (Wildman–Crippen MR) is 64.1 cm³/mol. The van der Waals surface area contributed by atoms with Crippen molar-refractivity contribution in [2.24, 2.45) is 5.92 Å². The Morgan fingerprint density at radius 3 is 2.94 bits per heavy atom. The van der Waals surface area contributed by atoms with Crippen LogP contribution in [0.2, 0.25) is 0 Å². The smallest absolute Gasteiger partial charge is 0.225 e. The standard InChI is InChI=1S/C13H15FN2O2/c1-8(9-3-2-4-11(14)5-9)16-13(18)10-6-12(17)15-7-10/h2-5,8,10H,6-7H2,1H3,(H,15,17)(H,16,18). The van der Waals surface area contributed by atoms with Crippen molar-refractivity contribution in [3.63, 3.8) is 0 Å². The Hall–Kier alpha value is -1.91. The predicted octanol–water partition coefficient (Wildman–Crippen LogP) is 1.14. The molecule has 1 aromatic carbocycles. The maximum absolute atomic E-state index is 13.0. The molecule has 2 unspecified atom stereocenters. The molecule has 1 aliphatic rings. The first-order chi connectivity index (χ1) is 8.56. The first-order valence-electron chi connectivity index (χ1n) is 5.89. The molecule has 18 heavy (non-hydrogen) atoms. The van der Waals surface area contributed by atoms with Gasteiger partial charge in [0.05, 0.1) is 12.0 Å². The molecule has 2 rings (SSSR count). The minimum atomic E-state index is -0.327. The average molecular weight is 250 g/mol. The number of hydrogen-bond acceptors (Lipinski definition) is 2. The Morgan fingerprint density at radius 1 is 1.56 bits per heavy atom. The summed E-state index contributed by atoms with van der Waals surface area (Å²) in [5.41, 5.74) is 0.709. The Morgan fingerprint density at radius 2 is 2.33 bits per heavy atom. The molecular formula is C13H15FN2O2. The second-order valence-corrected chi connectivity index (χ2v) is 4.49. The summed E-state index contributed by atoms with van der Waals surface area (Å²) in [5, 5.41) is 5.40. The third-order valence-electron chi connectivity index (χ3n) is 3.06. The molecule has 0 radical (unpaired) electrons. The van der Waals surface area contributed by atoms with Gasteiger partial charge in [-0.1, -0.05) is 12.1 Å². The van der Waals surface area contributed by atoms with Gasteiger partial charge in [-0.15, -0.1) is 0 Å². The molecule has 5 heteroatoms. The fourth-order valence-electron chi connectivity index (χ4n) is 1.98. The SMILES string of the molecule is CC(NC(=O)C1CNC(=O)C1)c1cccc(F)c1. The van der Waals surface area contributed by atoms with E-state index in [4.69, 9.17) is 0 Å². The Labute approximate surface area is 105 Å². The van der Waals surface area contributed by atoms with Crippen molar-refractivity contribution in [1.29, 1.82) is 0 Å². The van der Waals surface area contributed by atoms with Crippen molar-refractivity contribution < 1.29 is 14.0 Å². The van der Waals surface area contributed by atoms with E-state index < -0.39 is 0 Å². The topological polar surface area (TPSA) is 58.2 Å². The molecule has 0 bridgehead atoms. The second-order valence-electron chi connectivity index (χ2n) is 4.49. The fourth-order valence-corrected chi connectivity index (χ4v) is 1.98. The maximum Gasteiger partial charge on any atom is 0.225 e. The van der Waals surface area contributed by atoms with Crippen molar-refractivity contribution >= 4 is 11.8 Å². The van der Waals surface area contributed by atoms with Crippen LogP contribution in [0.15, 0.2) is 24.3 Å². The zero-order valence-corrected chi connectivity index (χ0v) is 10.1. The molecule has 0 saturated carbocycles. The minimum Gasteiger partial charge on any atom is -0.355 e. The van der Waals surface area contributed by atoms with Gasteiger partial charge in [0.2, 0.25) is 11.8 Å². The van der Waals surface area contributed by atoms with Gasteiger partial charge in [-0.25, -0.2) is 4.39 Å². The van der Waals surface area contributed by atoms with Crippen molar-refractivity contribution in [3.8, 4) is 0 Å². The Kier molecular flexibility index (Phi) is 3.60. The second kappa shape index (κ2) is 5.16. The van der Waals surface area contributed by atoms with Crippen LogP contribution in [0.1, 0.15) is 24.9 Å². The van der Waals surface area contributed by atoms with Gasteiger partial charge < -0.3 is 10.6 Å². The van der Waals surface area contributed by atoms with E-state index in [0.29, 0.717) is 12.1 Å². The summed E-state index contributed by atoms with van der Waals surface area (Å²) in [6.45, 7) is 2.16. The van der Waals surface area contributed by atoms with Gasteiger partial charge in [0.1, 0.15) is 5.82 Å². The molecular weight excluding hydrogens is 235 g/mol. The van der Waals surface area contributed by atoms with Crippen LogP contribution in [0.25, 0.3) is 0 Å². The number of benzene rings is 1. The number of carbonyl (C=O) groups is 2. The highest BCUT2D eigenvalue weighted by molar-refractivity contribution is 5.89. The summed E-state index contributed by atoms with van der Waals surface area (Å²) in [5.74, 6) is -0.932. The molecule has 1 saturated heterocycles. The lowest BCUT2D eigenvalue weighted by molar-refractivity contribution is -0.127. The highest BCUT2D eigenvalue weighted by Gasteiger charge is 2.28. The molecule has 0 aromatic heterocycles. The zero-order valence-electron chi connectivity index (χ0n) is 10.1. The van der Waals surface area contributed by atoms with Crippen molar-refractivity contribution in [2.45, 2.75) is 19.4 Å². The molecule has 0 aliphatic carbocycles. The molecule has 1 fully saturated rings. The lowest BCUT2D eigenvalue weighted by Crippen LogP contribution is -2.33. The van der Waals surface area contributed by atoms with Crippen LogP contribution in [0.5, 0.6) is 0 Å². The highest BCUT2D eigenvalue weighted by atomic mass is 19.1. The van der Waals surface area contributed by atoms with Crippen LogP contribution in [-0.2, 0) is 9.59 Å². The lowest BCUT2D eigenvalue weighted by atomic mass is 10.0. The molecule has 1 heterocycles. The quantitative estimate of drug-likeness (QED) is 0.845. The third-order valence-corrected chi connectivity index (χ3v) is 3.06. The minimum absolute atomic E-state index is 0.103. The lowest BCUT2D eigenvalue weighted by Gasteiger charge is -2.16. The number of hydrogen-bond donors (Lipinski definition) is 2. The van der Waals surface area contributed by atoms with Crippen molar-refractivity contribution in [1.82, 2.24) is 10.6 Å². The summed E-state index contributed by atoms with van der Waals surface area (Å²) in [6, 6.07) is 5.84. The largest absolute Gasteiger partial charge is 0.355 e. The van der Waals surface area contributed by atoms with Gasteiger partial charge in [0, 0.05) is 13.0 Å². The Balaban J connectivity index is 1.97.